The van der Waals surface area contributed by atoms with Crippen LogP contribution in [0.15, 0.2) is 57.6 Å². The number of anilines is 3. The number of halogens is 3. The summed E-state index contributed by atoms with van der Waals surface area (Å²) in [6.07, 6.45) is 2.17. The van der Waals surface area contributed by atoms with Crippen molar-refractivity contribution >= 4 is 17.4 Å². The molecule has 0 radical (unpaired) electrons. The summed E-state index contributed by atoms with van der Waals surface area (Å²) in [7, 11) is 0. The van der Waals surface area contributed by atoms with Crippen molar-refractivity contribution in [2.24, 2.45) is 0 Å². The standard InChI is InChI=1S/C21H17F3N4O2/c1-2-12-5-8-17(16(23)10-12)26-19-14(6-7-15(22)18(19)24)20-27-28-21(30-20)25-11-13-4-3-9-29-13/h3-10,26H,2,11H2,1H3,(H,25,28). The normalized spacial score (nSPS) is 10.9. The van der Waals surface area contributed by atoms with Crippen molar-refractivity contribution in [1.29, 1.82) is 0 Å². The van der Waals surface area contributed by atoms with E-state index >= 15 is 0 Å². The van der Waals surface area contributed by atoms with E-state index in [9.17, 15) is 13.2 Å². The number of nitrogens with zero attached hydrogens (tertiary/aromatic N) is 2. The highest BCUT2D eigenvalue weighted by atomic mass is 19.2. The maximum atomic E-state index is 14.6. The second-order valence-electron chi connectivity index (χ2n) is 6.42. The lowest BCUT2D eigenvalue weighted by Gasteiger charge is -2.13. The number of furan rings is 1. The fourth-order valence-corrected chi connectivity index (χ4v) is 2.85. The molecule has 4 aromatic rings. The third-order valence-corrected chi connectivity index (χ3v) is 4.45. The fraction of sp³-hybridized carbons (Fsp3) is 0.143. The van der Waals surface area contributed by atoms with E-state index in [1.807, 2.05) is 6.92 Å². The van der Waals surface area contributed by atoms with Gasteiger partial charge in [-0.25, -0.2) is 13.2 Å². The van der Waals surface area contributed by atoms with Gasteiger partial charge in [0, 0.05) is 0 Å². The van der Waals surface area contributed by atoms with Gasteiger partial charge >= 0.3 is 6.01 Å². The minimum atomic E-state index is -1.19. The van der Waals surface area contributed by atoms with E-state index in [1.54, 1.807) is 18.2 Å². The Morgan fingerprint density at radius 2 is 1.87 bits per heavy atom. The maximum Gasteiger partial charge on any atom is 0.316 e. The Morgan fingerprint density at radius 1 is 1.00 bits per heavy atom. The van der Waals surface area contributed by atoms with Crippen LogP contribution in [0.1, 0.15) is 18.2 Å². The van der Waals surface area contributed by atoms with Crippen LogP contribution in [0.4, 0.5) is 30.6 Å². The number of aromatic nitrogens is 2. The largest absolute Gasteiger partial charge is 0.467 e. The summed E-state index contributed by atoms with van der Waals surface area (Å²) >= 11 is 0. The van der Waals surface area contributed by atoms with Crippen molar-refractivity contribution in [1.82, 2.24) is 10.2 Å². The molecule has 0 fully saturated rings. The number of rotatable bonds is 7. The molecule has 154 valence electrons. The third kappa shape index (κ3) is 4.00. The molecule has 30 heavy (non-hydrogen) atoms. The van der Waals surface area contributed by atoms with E-state index in [2.05, 4.69) is 20.8 Å². The zero-order valence-corrected chi connectivity index (χ0v) is 15.9. The molecule has 0 amide bonds. The Balaban J connectivity index is 1.63. The number of benzene rings is 2. The number of aryl methyl sites for hydroxylation is 1. The summed E-state index contributed by atoms with van der Waals surface area (Å²) < 4.78 is 53.5. The van der Waals surface area contributed by atoms with Crippen LogP contribution < -0.4 is 10.6 Å². The quantitative estimate of drug-likeness (QED) is 0.406. The minimum Gasteiger partial charge on any atom is -0.467 e. The molecule has 0 spiro atoms. The molecule has 0 aliphatic rings. The smallest absolute Gasteiger partial charge is 0.316 e. The molecule has 9 heteroatoms. The van der Waals surface area contributed by atoms with Gasteiger partial charge in [0.2, 0.25) is 0 Å². The first kappa shape index (κ1) is 19.6. The minimum absolute atomic E-state index is 0.00590. The monoisotopic (exact) mass is 414 g/mol. The Morgan fingerprint density at radius 3 is 2.60 bits per heavy atom. The van der Waals surface area contributed by atoms with Gasteiger partial charge < -0.3 is 19.5 Å². The van der Waals surface area contributed by atoms with Gasteiger partial charge in [0.25, 0.3) is 5.89 Å². The molecular formula is C21H17F3N4O2. The zero-order chi connectivity index (χ0) is 21.1. The molecule has 2 heterocycles. The van der Waals surface area contributed by atoms with E-state index in [0.717, 1.165) is 11.6 Å². The van der Waals surface area contributed by atoms with Crippen molar-refractivity contribution in [3.63, 3.8) is 0 Å². The number of hydrogen-bond donors (Lipinski definition) is 2. The molecule has 0 aliphatic heterocycles. The first-order valence-electron chi connectivity index (χ1n) is 9.18. The van der Waals surface area contributed by atoms with Crippen LogP contribution in [0.25, 0.3) is 11.5 Å². The van der Waals surface area contributed by atoms with Crippen LogP contribution in [-0.2, 0) is 13.0 Å². The summed E-state index contributed by atoms with van der Waals surface area (Å²) in [6.45, 7) is 2.19. The molecule has 4 rings (SSSR count). The molecular weight excluding hydrogens is 397 g/mol. The van der Waals surface area contributed by atoms with Gasteiger partial charge in [0.05, 0.1) is 29.7 Å². The summed E-state index contributed by atoms with van der Waals surface area (Å²) in [5.74, 6) is -2.28. The van der Waals surface area contributed by atoms with Gasteiger partial charge in [0.1, 0.15) is 11.6 Å². The van der Waals surface area contributed by atoms with Crippen molar-refractivity contribution in [2.45, 2.75) is 19.9 Å². The third-order valence-electron chi connectivity index (χ3n) is 4.45. The fourth-order valence-electron chi connectivity index (χ4n) is 2.85. The van der Waals surface area contributed by atoms with Crippen LogP contribution in [0.2, 0.25) is 0 Å². The second kappa shape index (κ2) is 8.32. The van der Waals surface area contributed by atoms with Crippen LogP contribution in [0.5, 0.6) is 0 Å². The molecule has 2 aromatic heterocycles. The molecule has 2 aromatic carbocycles. The first-order valence-corrected chi connectivity index (χ1v) is 9.18. The summed E-state index contributed by atoms with van der Waals surface area (Å²) in [5.41, 5.74) is 0.557. The van der Waals surface area contributed by atoms with Gasteiger partial charge in [-0.3, -0.25) is 0 Å². The molecule has 0 atom stereocenters. The number of hydrogen-bond acceptors (Lipinski definition) is 6. The van der Waals surface area contributed by atoms with Gasteiger partial charge in [-0.05, 0) is 48.4 Å². The highest BCUT2D eigenvalue weighted by Gasteiger charge is 2.20. The Kier molecular flexibility index (Phi) is 5.42. The average molecular weight is 414 g/mol. The molecule has 0 unspecified atom stereocenters. The molecule has 0 bridgehead atoms. The van der Waals surface area contributed by atoms with Crippen LogP contribution >= 0.6 is 0 Å². The first-order chi connectivity index (χ1) is 14.5. The van der Waals surface area contributed by atoms with Gasteiger partial charge in [-0.1, -0.05) is 18.1 Å². The van der Waals surface area contributed by atoms with Crippen LogP contribution in [-0.4, -0.2) is 10.2 Å². The van der Waals surface area contributed by atoms with Crippen molar-refractivity contribution in [3.05, 3.63) is 77.5 Å². The average Bonchev–Trinajstić information content (AvgIpc) is 3.43. The molecule has 2 N–H and O–H groups in total. The maximum absolute atomic E-state index is 14.6. The highest BCUT2D eigenvalue weighted by Crippen LogP contribution is 2.34. The van der Waals surface area contributed by atoms with E-state index in [1.165, 1.54) is 24.5 Å². The van der Waals surface area contributed by atoms with E-state index in [-0.39, 0.29) is 28.8 Å². The SMILES string of the molecule is CCc1ccc(Nc2c(-c3nnc(NCc4ccco4)o3)ccc(F)c2F)c(F)c1. The predicted octanol–water partition coefficient (Wildman–Crippen LogP) is 5.67. The Labute approximate surface area is 169 Å². The topological polar surface area (TPSA) is 76.1 Å². The van der Waals surface area contributed by atoms with Crippen molar-refractivity contribution in [2.75, 3.05) is 10.6 Å². The summed E-state index contributed by atoms with van der Waals surface area (Å²) in [6, 6.07) is 10.3. The van der Waals surface area contributed by atoms with E-state index < -0.39 is 17.5 Å². The highest BCUT2D eigenvalue weighted by molar-refractivity contribution is 5.78. The number of nitrogens with one attached hydrogen (secondary N) is 2. The molecule has 6 nitrogen and oxygen atoms in total. The molecule has 0 aliphatic carbocycles. The van der Waals surface area contributed by atoms with E-state index in [4.69, 9.17) is 8.83 Å². The van der Waals surface area contributed by atoms with Gasteiger partial charge in [-0.2, -0.15) is 0 Å². The Hall–Kier alpha value is -3.75. The van der Waals surface area contributed by atoms with Gasteiger partial charge in [0.15, 0.2) is 11.6 Å². The summed E-state index contributed by atoms with van der Waals surface area (Å²) in [5, 5.41) is 13.2. The van der Waals surface area contributed by atoms with Gasteiger partial charge in [-0.15, -0.1) is 5.10 Å². The lowest BCUT2D eigenvalue weighted by molar-refractivity contribution is 0.508. The van der Waals surface area contributed by atoms with E-state index in [0.29, 0.717) is 18.7 Å². The zero-order valence-electron chi connectivity index (χ0n) is 15.9. The predicted molar refractivity (Wildman–Crippen MR) is 105 cm³/mol. The lowest BCUT2D eigenvalue weighted by atomic mass is 10.1. The van der Waals surface area contributed by atoms with Crippen molar-refractivity contribution in [3.8, 4) is 11.5 Å². The van der Waals surface area contributed by atoms with Crippen LogP contribution in [0.3, 0.4) is 0 Å². The van der Waals surface area contributed by atoms with Crippen molar-refractivity contribution < 1.29 is 22.0 Å². The molecule has 0 saturated carbocycles. The summed E-state index contributed by atoms with van der Waals surface area (Å²) in [4.78, 5) is 0. The Bertz CT molecular complexity index is 1160. The van der Waals surface area contributed by atoms with Crippen LogP contribution in [0, 0.1) is 17.5 Å². The second-order valence-corrected chi connectivity index (χ2v) is 6.42. The lowest BCUT2D eigenvalue weighted by Crippen LogP contribution is -2.02. The molecule has 0 saturated heterocycles.